The summed E-state index contributed by atoms with van der Waals surface area (Å²) in [5.74, 6) is 0. The van der Waals surface area contributed by atoms with Crippen LogP contribution in [0.25, 0.3) is 0 Å². The quantitative estimate of drug-likeness (QED) is 0.807. The van der Waals surface area contributed by atoms with Crippen LogP contribution in [-0.4, -0.2) is 13.1 Å². The molecule has 0 bridgehead atoms. The summed E-state index contributed by atoms with van der Waals surface area (Å²) in [5.41, 5.74) is 3.73. The molecule has 0 aromatic heterocycles. The molecule has 0 unspecified atom stereocenters. The fourth-order valence-corrected chi connectivity index (χ4v) is 3.33. The van der Waals surface area contributed by atoms with Crippen LogP contribution in [0.4, 0.5) is 5.69 Å². The molecule has 0 saturated carbocycles. The number of aryl methyl sites for hydroxylation is 1. The maximum absolute atomic E-state index is 9.29. The molecule has 1 aliphatic heterocycles. The molecule has 0 radical (unpaired) electrons. The van der Waals surface area contributed by atoms with E-state index in [-0.39, 0.29) is 0 Å². The highest BCUT2D eigenvalue weighted by Gasteiger charge is 2.32. The molecule has 0 amide bonds. The monoisotopic (exact) mass is 256 g/mol. The van der Waals surface area contributed by atoms with Crippen LogP contribution in [0.5, 0.6) is 0 Å². The smallest absolute Gasteiger partial charge is 0.101 e. The first-order valence-corrected chi connectivity index (χ1v) is 7.40. The molecule has 2 heteroatoms. The SMILES string of the molecule is CCC1(CC)CCN(c2c(C)cccc2C#N)CC1. The Balaban J connectivity index is 2.21. The van der Waals surface area contributed by atoms with Crippen LogP contribution < -0.4 is 4.90 Å². The third-order valence-corrected chi connectivity index (χ3v) is 5.00. The Morgan fingerprint density at radius 2 is 1.84 bits per heavy atom. The minimum absolute atomic E-state index is 0.534. The van der Waals surface area contributed by atoms with Gasteiger partial charge < -0.3 is 4.90 Å². The number of benzene rings is 1. The van der Waals surface area contributed by atoms with Gasteiger partial charge in [0.25, 0.3) is 0 Å². The molecule has 0 spiro atoms. The molecule has 1 aromatic carbocycles. The first-order chi connectivity index (χ1) is 9.15. The topological polar surface area (TPSA) is 27.0 Å². The zero-order valence-corrected chi connectivity index (χ0v) is 12.4. The average molecular weight is 256 g/mol. The standard InChI is InChI=1S/C17H24N2/c1-4-17(5-2)9-11-19(12-10-17)16-14(3)7-6-8-15(16)13-18/h6-8H,4-5,9-12H2,1-3H3. The molecular formula is C17H24N2. The van der Waals surface area contributed by atoms with Gasteiger partial charge in [0.05, 0.1) is 11.3 Å². The van der Waals surface area contributed by atoms with Crippen molar-refractivity contribution in [3.05, 3.63) is 29.3 Å². The summed E-state index contributed by atoms with van der Waals surface area (Å²) in [6.45, 7) is 8.90. The number of nitrogens with zero attached hydrogens (tertiary/aromatic N) is 2. The summed E-state index contributed by atoms with van der Waals surface area (Å²) >= 11 is 0. The lowest BCUT2D eigenvalue weighted by molar-refractivity contribution is 0.199. The van der Waals surface area contributed by atoms with Gasteiger partial charge in [-0.3, -0.25) is 0 Å². The molecule has 1 saturated heterocycles. The number of nitriles is 1. The Kier molecular flexibility index (Phi) is 4.14. The van der Waals surface area contributed by atoms with Gasteiger partial charge in [-0.05, 0) is 36.8 Å². The fraction of sp³-hybridized carbons (Fsp3) is 0.588. The Hall–Kier alpha value is -1.49. The molecule has 102 valence electrons. The largest absolute Gasteiger partial charge is 0.370 e. The number of anilines is 1. The lowest BCUT2D eigenvalue weighted by Gasteiger charge is -2.42. The van der Waals surface area contributed by atoms with Crippen molar-refractivity contribution in [2.75, 3.05) is 18.0 Å². The maximum Gasteiger partial charge on any atom is 0.101 e. The van der Waals surface area contributed by atoms with Crippen molar-refractivity contribution in [2.24, 2.45) is 5.41 Å². The predicted molar refractivity (Wildman–Crippen MR) is 80.4 cm³/mol. The van der Waals surface area contributed by atoms with E-state index in [0.717, 1.165) is 24.3 Å². The van der Waals surface area contributed by atoms with Crippen molar-refractivity contribution in [1.82, 2.24) is 0 Å². The summed E-state index contributed by atoms with van der Waals surface area (Å²) in [6.07, 6.45) is 5.05. The lowest BCUT2D eigenvalue weighted by atomic mass is 9.74. The Morgan fingerprint density at radius 3 is 2.37 bits per heavy atom. The molecule has 0 aliphatic carbocycles. The van der Waals surface area contributed by atoms with E-state index >= 15 is 0 Å². The second-order valence-electron chi connectivity index (χ2n) is 5.78. The van der Waals surface area contributed by atoms with Gasteiger partial charge in [-0.15, -0.1) is 0 Å². The Morgan fingerprint density at radius 1 is 1.21 bits per heavy atom. The van der Waals surface area contributed by atoms with E-state index in [0.29, 0.717) is 5.41 Å². The van der Waals surface area contributed by atoms with E-state index in [9.17, 15) is 5.26 Å². The summed E-state index contributed by atoms with van der Waals surface area (Å²) < 4.78 is 0. The van der Waals surface area contributed by atoms with E-state index in [2.05, 4.69) is 37.8 Å². The second-order valence-corrected chi connectivity index (χ2v) is 5.78. The molecule has 0 N–H and O–H groups in total. The van der Waals surface area contributed by atoms with Gasteiger partial charge in [0, 0.05) is 13.1 Å². The summed E-state index contributed by atoms with van der Waals surface area (Å²) in [7, 11) is 0. The number of hydrogen-bond acceptors (Lipinski definition) is 2. The van der Waals surface area contributed by atoms with Crippen molar-refractivity contribution in [1.29, 1.82) is 5.26 Å². The molecule has 2 nitrogen and oxygen atoms in total. The van der Waals surface area contributed by atoms with Crippen LogP contribution in [-0.2, 0) is 0 Å². The van der Waals surface area contributed by atoms with Gasteiger partial charge in [0.15, 0.2) is 0 Å². The van der Waals surface area contributed by atoms with Crippen molar-refractivity contribution in [3.63, 3.8) is 0 Å². The lowest BCUT2D eigenvalue weighted by Crippen LogP contribution is -2.40. The second kappa shape index (κ2) is 5.65. The maximum atomic E-state index is 9.29. The molecule has 19 heavy (non-hydrogen) atoms. The average Bonchev–Trinajstić information content (AvgIpc) is 2.47. The summed E-state index contributed by atoms with van der Waals surface area (Å²) in [5, 5.41) is 9.29. The zero-order chi connectivity index (χ0) is 13.9. The molecule has 2 rings (SSSR count). The van der Waals surface area contributed by atoms with Crippen molar-refractivity contribution >= 4 is 5.69 Å². The summed E-state index contributed by atoms with van der Waals surface area (Å²) in [4.78, 5) is 2.41. The van der Waals surface area contributed by atoms with Crippen LogP contribution in [0.2, 0.25) is 0 Å². The highest BCUT2D eigenvalue weighted by molar-refractivity contribution is 5.64. The minimum atomic E-state index is 0.534. The van der Waals surface area contributed by atoms with Gasteiger partial charge in [0.1, 0.15) is 6.07 Å². The first-order valence-electron chi connectivity index (χ1n) is 7.40. The van der Waals surface area contributed by atoms with Crippen LogP contribution >= 0.6 is 0 Å². The minimum Gasteiger partial charge on any atom is -0.370 e. The van der Waals surface area contributed by atoms with Crippen molar-refractivity contribution in [2.45, 2.75) is 46.5 Å². The van der Waals surface area contributed by atoms with Crippen LogP contribution in [0.15, 0.2) is 18.2 Å². The van der Waals surface area contributed by atoms with E-state index < -0.39 is 0 Å². The van der Waals surface area contributed by atoms with E-state index in [1.165, 1.54) is 31.2 Å². The van der Waals surface area contributed by atoms with Gasteiger partial charge in [0.2, 0.25) is 0 Å². The van der Waals surface area contributed by atoms with Crippen LogP contribution in [0.3, 0.4) is 0 Å². The zero-order valence-electron chi connectivity index (χ0n) is 12.4. The molecular weight excluding hydrogens is 232 g/mol. The fourth-order valence-electron chi connectivity index (χ4n) is 3.33. The highest BCUT2D eigenvalue weighted by Crippen LogP contribution is 2.40. The summed E-state index contributed by atoms with van der Waals surface area (Å²) in [6, 6.07) is 8.36. The van der Waals surface area contributed by atoms with Crippen LogP contribution in [0, 0.1) is 23.7 Å². The number of rotatable bonds is 3. The first kappa shape index (κ1) is 13.9. The third kappa shape index (κ3) is 2.61. The van der Waals surface area contributed by atoms with E-state index in [1.54, 1.807) is 0 Å². The van der Waals surface area contributed by atoms with Crippen molar-refractivity contribution < 1.29 is 0 Å². The van der Waals surface area contributed by atoms with E-state index in [4.69, 9.17) is 0 Å². The normalized spacial score (nSPS) is 18.1. The van der Waals surface area contributed by atoms with Gasteiger partial charge in [-0.2, -0.15) is 5.26 Å². The molecule has 1 aromatic rings. The molecule has 0 atom stereocenters. The number of piperidine rings is 1. The van der Waals surface area contributed by atoms with E-state index in [1.807, 2.05) is 12.1 Å². The molecule has 1 fully saturated rings. The molecule has 1 aliphatic rings. The van der Waals surface area contributed by atoms with Crippen molar-refractivity contribution in [3.8, 4) is 6.07 Å². The van der Waals surface area contributed by atoms with Crippen LogP contribution in [0.1, 0.15) is 50.7 Å². The third-order valence-electron chi connectivity index (χ3n) is 5.00. The molecule has 1 heterocycles. The number of para-hydroxylation sites is 1. The Labute approximate surface area is 117 Å². The highest BCUT2D eigenvalue weighted by atomic mass is 15.1. The van der Waals surface area contributed by atoms with Gasteiger partial charge in [-0.1, -0.05) is 38.8 Å². The predicted octanol–water partition coefficient (Wildman–Crippen LogP) is 4.27. The van der Waals surface area contributed by atoms with Gasteiger partial charge >= 0.3 is 0 Å². The number of hydrogen-bond donors (Lipinski definition) is 0. The Bertz CT molecular complexity index is 471. The van der Waals surface area contributed by atoms with Gasteiger partial charge in [-0.25, -0.2) is 0 Å².